The van der Waals surface area contributed by atoms with Crippen LogP contribution in [0.5, 0.6) is 0 Å². The molecule has 0 saturated carbocycles. The molecule has 3 rings (SSSR count). The zero-order valence-electron chi connectivity index (χ0n) is 15.9. The molecular weight excluding hydrogens is 374 g/mol. The van der Waals surface area contributed by atoms with E-state index in [9.17, 15) is 14.4 Å². The van der Waals surface area contributed by atoms with Crippen LogP contribution in [0.3, 0.4) is 0 Å². The van der Waals surface area contributed by atoms with Gasteiger partial charge in [0.05, 0.1) is 5.69 Å². The first kappa shape index (κ1) is 19.8. The first-order valence-electron chi connectivity index (χ1n) is 8.85. The van der Waals surface area contributed by atoms with Gasteiger partial charge in [0.2, 0.25) is 11.8 Å². The maximum Gasteiger partial charge on any atom is 0.240 e. The standard InChI is InChI=1S/C21H21N3O3S/c1-12-7-13(2)9-17(8-12)23-21-24-20(27)18(28-21)11-19(26)22-16-6-4-5-15(10-16)14(3)25/h4-10,18H,11H2,1-3H3,(H,22,26)(H,23,24,27)/t18-/m0/s1. The Bertz CT molecular complexity index is 964. The molecule has 0 unspecified atom stereocenters. The van der Waals surface area contributed by atoms with Gasteiger partial charge in [0, 0.05) is 17.7 Å². The Hall–Kier alpha value is -2.93. The number of nitrogens with one attached hydrogen (secondary N) is 2. The second-order valence-electron chi connectivity index (χ2n) is 6.75. The van der Waals surface area contributed by atoms with Crippen LogP contribution in [0.25, 0.3) is 0 Å². The molecule has 1 saturated heterocycles. The highest BCUT2D eigenvalue weighted by Crippen LogP contribution is 2.26. The molecule has 2 N–H and O–H groups in total. The van der Waals surface area contributed by atoms with Crippen molar-refractivity contribution >= 4 is 45.9 Å². The van der Waals surface area contributed by atoms with Crippen molar-refractivity contribution in [3.05, 3.63) is 59.2 Å². The van der Waals surface area contributed by atoms with Crippen molar-refractivity contribution < 1.29 is 14.4 Å². The molecule has 0 aromatic heterocycles. The maximum absolute atomic E-state index is 12.3. The van der Waals surface area contributed by atoms with Gasteiger partial charge in [-0.2, -0.15) is 0 Å². The number of hydrogen-bond acceptors (Lipinski definition) is 5. The second-order valence-corrected chi connectivity index (χ2v) is 7.94. The average Bonchev–Trinajstić information content (AvgIpc) is 2.93. The van der Waals surface area contributed by atoms with Crippen molar-refractivity contribution in [2.24, 2.45) is 4.99 Å². The largest absolute Gasteiger partial charge is 0.326 e. The van der Waals surface area contributed by atoms with Crippen molar-refractivity contribution in [2.45, 2.75) is 32.4 Å². The lowest BCUT2D eigenvalue weighted by Crippen LogP contribution is -2.28. The molecular formula is C21H21N3O3S. The summed E-state index contributed by atoms with van der Waals surface area (Å²) in [5.41, 5.74) is 4.01. The van der Waals surface area contributed by atoms with Crippen LogP contribution in [0.1, 0.15) is 34.8 Å². The predicted octanol–water partition coefficient (Wildman–Crippen LogP) is 3.75. The number of thioether (sulfide) groups is 1. The minimum Gasteiger partial charge on any atom is -0.326 e. The third-order valence-corrected chi connectivity index (χ3v) is 5.22. The molecule has 0 spiro atoms. The summed E-state index contributed by atoms with van der Waals surface area (Å²) in [7, 11) is 0. The fourth-order valence-electron chi connectivity index (χ4n) is 2.92. The van der Waals surface area contributed by atoms with Gasteiger partial charge in [0.25, 0.3) is 0 Å². The van der Waals surface area contributed by atoms with E-state index in [1.165, 1.54) is 18.7 Å². The van der Waals surface area contributed by atoms with E-state index in [-0.39, 0.29) is 24.0 Å². The first-order chi connectivity index (χ1) is 13.3. The van der Waals surface area contributed by atoms with Crippen molar-refractivity contribution in [3.63, 3.8) is 0 Å². The Morgan fingerprint density at radius 2 is 1.86 bits per heavy atom. The minimum absolute atomic E-state index is 0.0205. The number of nitrogens with zero attached hydrogens (tertiary/aromatic N) is 1. The van der Waals surface area contributed by atoms with E-state index in [4.69, 9.17) is 0 Å². The number of Topliss-reactive ketones (excluding diaryl/α,β-unsaturated/α-hetero) is 1. The summed E-state index contributed by atoms with van der Waals surface area (Å²) in [6, 6.07) is 12.7. The van der Waals surface area contributed by atoms with E-state index >= 15 is 0 Å². The van der Waals surface area contributed by atoms with E-state index in [0.29, 0.717) is 16.4 Å². The molecule has 1 aliphatic heterocycles. The lowest BCUT2D eigenvalue weighted by atomic mass is 10.1. The van der Waals surface area contributed by atoms with Gasteiger partial charge in [-0.1, -0.05) is 30.0 Å². The number of benzene rings is 2. The number of aryl methyl sites for hydroxylation is 2. The fraction of sp³-hybridized carbons (Fsp3) is 0.238. The molecule has 1 heterocycles. The normalized spacial score (nSPS) is 17.5. The van der Waals surface area contributed by atoms with Crippen LogP contribution in [0.15, 0.2) is 47.5 Å². The van der Waals surface area contributed by atoms with Gasteiger partial charge in [-0.25, -0.2) is 4.99 Å². The number of anilines is 1. The van der Waals surface area contributed by atoms with Gasteiger partial charge in [-0.05, 0) is 56.2 Å². The van der Waals surface area contributed by atoms with Crippen LogP contribution in [0.2, 0.25) is 0 Å². The zero-order valence-corrected chi connectivity index (χ0v) is 16.7. The van der Waals surface area contributed by atoms with E-state index in [1.807, 2.05) is 26.0 Å². The van der Waals surface area contributed by atoms with Gasteiger partial charge >= 0.3 is 0 Å². The molecule has 0 aliphatic carbocycles. The molecule has 1 atom stereocenters. The fourth-order valence-corrected chi connectivity index (χ4v) is 3.91. The van der Waals surface area contributed by atoms with Crippen LogP contribution in [-0.4, -0.2) is 28.0 Å². The molecule has 2 aromatic rings. The number of ketones is 1. The Morgan fingerprint density at radius 3 is 2.54 bits per heavy atom. The summed E-state index contributed by atoms with van der Waals surface area (Å²) in [5.74, 6) is -0.601. The summed E-state index contributed by atoms with van der Waals surface area (Å²) in [6.07, 6.45) is 0.0205. The molecule has 6 nitrogen and oxygen atoms in total. The predicted molar refractivity (Wildman–Crippen MR) is 112 cm³/mol. The molecule has 1 fully saturated rings. The summed E-state index contributed by atoms with van der Waals surface area (Å²) in [6.45, 7) is 5.45. The lowest BCUT2D eigenvalue weighted by Gasteiger charge is -2.08. The van der Waals surface area contributed by atoms with Gasteiger partial charge < -0.3 is 10.6 Å². The molecule has 0 radical (unpaired) electrons. The quantitative estimate of drug-likeness (QED) is 0.755. The summed E-state index contributed by atoms with van der Waals surface area (Å²) < 4.78 is 0. The smallest absolute Gasteiger partial charge is 0.240 e. The Labute approximate surface area is 167 Å². The number of aliphatic imine (C=N–C) groups is 1. The minimum atomic E-state index is -0.541. The Kier molecular flexibility index (Phi) is 5.94. The van der Waals surface area contributed by atoms with Crippen LogP contribution in [0.4, 0.5) is 11.4 Å². The Morgan fingerprint density at radius 1 is 1.14 bits per heavy atom. The van der Waals surface area contributed by atoms with Crippen molar-refractivity contribution in [1.82, 2.24) is 5.32 Å². The number of carbonyl (C=O) groups is 3. The molecule has 144 valence electrons. The van der Waals surface area contributed by atoms with Gasteiger partial charge in [-0.3, -0.25) is 14.4 Å². The molecule has 1 aliphatic rings. The van der Waals surface area contributed by atoms with Crippen LogP contribution in [0, 0.1) is 13.8 Å². The first-order valence-corrected chi connectivity index (χ1v) is 9.73. The van der Waals surface area contributed by atoms with Gasteiger partial charge in [-0.15, -0.1) is 0 Å². The number of hydrogen-bond donors (Lipinski definition) is 2. The monoisotopic (exact) mass is 395 g/mol. The van der Waals surface area contributed by atoms with Crippen molar-refractivity contribution in [2.75, 3.05) is 5.32 Å². The Balaban J connectivity index is 1.64. The van der Waals surface area contributed by atoms with E-state index in [1.54, 1.807) is 24.3 Å². The van der Waals surface area contributed by atoms with Crippen molar-refractivity contribution in [3.8, 4) is 0 Å². The lowest BCUT2D eigenvalue weighted by molar-refractivity contribution is -0.122. The third kappa shape index (κ3) is 5.07. The van der Waals surface area contributed by atoms with E-state index in [2.05, 4.69) is 21.7 Å². The summed E-state index contributed by atoms with van der Waals surface area (Å²) >= 11 is 1.25. The van der Waals surface area contributed by atoms with Gasteiger partial charge in [0.15, 0.2) is 11.0 Å². The summed E-state index contributed by atoms with van der Waals surface area (Å²) in [5, 5.41) is 5.42. The maximum atomic E-state index is 12.3. The molecule has 7 heteroatoms. The molecule has 2 amide bonds. The van der Waals surface area contributed by atoms with Crippen molar-refractivity contribution in [1.29, 1.82) is 0 Å². The van der Waals surface area contributed by atoms with Gasteiger partial charge in [0.1, 0.15) is 5.25 Å². The second kappa shape index (κ2) is 8.39. The van der Waals surface area contributed by atoms with Crippen LogP contribution < -0.4 is 10.6 Å². The van der Waals surface area contributed by atoms with E-state index in [0.717, 1.165) is 16.8 Å². The zero-order chi connectivity index (χ0) is 20.3. The van der Waals surface area contributed by atoms with Crippen LogP contribution >= 0.6 is 11.8 Å². The third-order valence-electron chi connectivity index (χ3n) is 4.14. The molecule has 0 bridgehead atoms. The topological polar surface area (TPSA) is 87.6 Å². The number of carbonyl (C=O) groups excluding carboxylic acids is 3. The van der Waals surface area contributed by atoms with E-state index < -0.39 is 5.25 Å². The average molecular weight is 395 g/mol. The number of amides is 2. The highest BCUT2D eigenvalue weighted by Gasteiger charge is 2.32. The SMILES string of the molecule is CC(=O)c1cccc(NC(=O)C[C@@H]2SC(=Nc3cc(C)cc(C)c3)NC2=O)c1. The molecule has 2 aromatic carbocycles. The molecule has 28 heavy (non-hydrogen) atoms. The number of amidine groups is 1. The summed E-state index contributed by atoms with van der Waals surface area (Å²) in [4.78, 5) is 40.5. The number of rotatable bonds is 5. The highest BCUT2D eigenvalue weighted by molar-refractivity contribution is 8.15. The highest BCUT2D eigenvalue weighted by atomic mass is 32.2. The van der Waals surface area contributed by atoms with Crippen LogP contribution in [-0.2, 0) is 9.59 Å².